The molecule has 0 fully saturated rings. The van der Waals surface area contributed by atoms with Crippen LogP contribution in [0.2, 0.25) is 0 Å². The van der Waals surface area contributed by atoms with Crippen molar-refractivity contribution in [3.05, 3.63) is 81.6 Å². The minimum absolute atomic E-state index is 0.116. The van der Waals surface area contributed by atoms with Crippen LogP contribution in [-0.4, -0.2) is 16.9 Å². The first-order valence-corrected chi connectivity index (χ1v) is 7.86. The molecule has 0 atom stereocenters. The SMILES string of the molecule is COc1ccccc1-c1ccc(=O)n(Cc2cc(C)ccc2C)n1. The van der Waals surface area contributed by atoms with Crippen LogP contribution in [0.4, 0.5) is 0 Å². The van der Waals surface area contributed by atoms with Crippen molar-refractivity contribution in [3.8, 4) is 17.0 Å². The van der Waals surface area contributed by atoms with Gasteiger partial charge < -0.3 is 4.74 Å². The van der Waals surface area contributed by atoms with Crippen molar-refractivity contribution in [1.29, 1.82) is 0 Å². The quantitative estimate of drug-likeness (QED) is 0.738. The van der Waals surface area contributed by atoms with E-state index in [0.29, 0.717) is 6.54 Å². The Morgan fingerprint density at radius 1 is 1.04 bits per heavy atom. The summed E-state index contributed by atoms with van der Waals surface area (Å²) < 4.78 is 6.90. The number of para-hydroxylation sites is 1. The number of ether oxygens (including phenoxy) is 1. The van der Waals surface area contributed by atoms with Crippen LogP contribution in [-0.2, 0) is 6.54 Å². The van der Waals surface area contributed by atoms with Crippen LogP contribution in [0.25, 0.3) is 11.3 Å². The highest BCUT2D eigenvalue weighted by atomic mass is 16.5. The van der Waals surface area contributed by atoms with Gasteiger partial charge in [-0.25, -0.2) is 4.68 Å². The molecule has 2 aromatic carbocycles. The molecule has 0 unspecified atom stereocenters. The van der Waals surface area contributed by atoms with Gasteiger partial charge in [0.05, 0.1) is 19.3 Å². The number of nitrogens with zero attached hydrogens (tertiary/aromatic N) is 2. The molecule has 1 aromatic heterocycles. The van der Waals surface area contributed by atoms with Crippen molar-refractivity contribution in [2.75, 3.05) is 7.11 Å². The Kier molecular flexibility index (Phi) is 4.47. The molecular weight excluding hydrogens is 300 g/mol. The highest BCUT2D eigenvalue weighted by Gasteiger charge is 2.09. The van der Waals surface area contributed by atoms with E-state index in [1.54, 1.807) is 19.2 Å². The fourth-order valence-corrected chi connectivity index (χ4v) is 2.69. The number of aromatic nitrogens is 2. The molecule has 0 aliphatic rings. The summed E-state index contributed by atoms with van der Waals surface area (Å²) in [6.07, 6.45) is 0. The Balaban J connectivity index is 2.04. The van der Waals surface area contributed by atoms with Gasteiger partial charge in [-0.2, -0.15) is 5.10 Å². The Bertz CT molecular complexity index is 929. The molecule has 1 heterocycles. The predicted octanol–water partition coefficient (Wildman–Crippen LogP) is 3.58. The fourth-order valence-electron chi connectivity index (χ4n) is 2.69. The maximum atomic E-state index is 12.2. The van der Waals surface area contributed by atoms with Gasteiger partial charge >= 0.3 is 0 Å². The van der Waals surface area contributed by atoms with Gasteiger partial charge in [-0.1, -0.05) is 35.9 Å². The van der Waals surface area contributed by atoms with Crippen molar-refractivity contribution in [3.63, 3.8) is 0 Å². The van der Waals surface area contributed by atoms with Crippen molar-refractivity contribution >= 4 is 0 Å². The summed E-state index contributed by atoms with van der Waals surface area (Å²) in [7, 11) is 1.63. The molecule has 0 aliphatic heterocycles. The van der Waals surface area contributed by atoms with E-state index in [2.05, 4.69) is 23.3 Å². The minimum atomic E-state index is -0.116. The molecule has 3 rings (SSSR count). The summed E-state index contributed by atoms with van der Waals surface area (Å²) in [5, 5.41) is 4.54. The maximum Gasteiger partial charge on any atom is 0.267 e. The molecular formula is C20H20N2O2. The molecule has 0 N–H and O–H groups in total. The third-order valence-electron chi connectivity index (χ3n) is 4.07. The van der Waals surface area contributed by atoms with Crippen LogP contribution in [0.15, 0.2) is 59.4 Å². The molecule has 4 heteroatoms. The first kappa shape index (κ1) is 16.0. The van der Waals surface area contributed by atoms with Gasteiger partial charge in [0.25, 0.3) is 5.56 Å². The Morgan fingerprint density at radius 2 is 1.83 bits per heavy atom. The van der Waals surface area contributed by atoms with Crippen molar-refractivity contribution < 1.29 is 4.74 Å². The number of hydrogen-bond acceptors (Lipinski definition) is 3. The number of hydrogen-bond donors (Lipinski definition) is 0. The van der Waals surface area contributed by atoms with Gasteiger partial charge in [-0.15, -0.1) is 0 Å². The molecule has 0 aliphatic carbocycles. The molecule has 0 radical (unpaired) electrons. The number of methoxy groups -OCH3 is 1. The average molecular weight is 320 g/mol. The van der Waals surface area contributed by atoms with Crippen molar-refractivity contribution in [2.45, 2.75) is 20.4 Å². The first-order valence-electron chi connectivity index (χ1n) is 7.86. The monoisotopic (exact) mass is 320 g/mol. The van der Waals surface area contributed by atoms with E-state index in [1.165, 1.54) is 10.2 Å². The highest BCUT2D eigenvalue weighted by Crippen LogP contribution is 2.27. The van der Waals surface area contributed by atoms with Crippen LogP contribution in [0.1, 0.15) is 16.7 Å². The lowest BCUT2D eigenvalue weighted by molar-refractivity contribution is 0.416. The third-order valence-corrected chi connectivity index (χ3v) is 4.07. The first-order chi connectivity index (χ1) is 11.6. The molecule has 0 bridgehead atoms. The van der Waals surface area contributed by atoms with Gasteiger partial charge in [0.2, 0.25) is 0 Å². The van der Waals surface area contributed by atoms with Crippen LogP contribution in [0, 0.1) is 13.8 Å². The van der Waals surface area contributed by atoms with Crippen LogP contribution < -0.4 is 10.3 Å². The van der Waals surface area contributed by atoms with Gasteiger partial charge in [0.1, 0.15) is 5.75 Å². The highest BCUT2D eigenvalue weighted by molar-refractivity contribution is 5.66. The normalized spacial score (nSPS) is 10.6. The molecule has 0 spiro atoms. The molecule has 122 valence electrons. The third kappa shape index (κ3) is 3.23. The van der Waals surface area contributed by atoms with E-state index in [4.69, 9.17) is 4.74 Å². The van der Waals surface area contributed by atoms with Crippen molar-refractivity contribution in [1.82, 2.24) is 9.78 Å². The lowest BCUT2D eigenvalue weighted by atomic mass is 10.1. The lowest BCUT2D eigenvalue weighted by Gasteiger charge is -2.12. The molecule has 0 amide bonds. The lowest BCUT2D eigenvalue weighted by Crippen LogP contribution is -2.23. The molecule has 24 heavy (non-hydrogen) atoms. The summed E-state index contributed by atoms with van der Waals surface area (Å²) in [6, 6.07) is 17.2. The summed E-state index contributed by atoms with van der Waals surface area (Å²) in [6.45, 7) is 4.55. The second kappa shape index (κ2) is 6.71. The zero-order chi connectivity index (χ0) is 17.1. The van der Waals surface area contributed by atoms with Crippen LogP contribution >= 0.6 is 0 Å². The van der Waals surface area contributed by atoms with E-state index >= 15 is 0 Å². The van der Waals surface area contributed by atoms with E-state index in [1.807, 2.05) is 38.1 Å². The fraction of sp³-hybridized carbons (Fsp3) is 0.200. The van der Waals surface area contributed by atoms with E-state index in [9.17, 15) is 4.79 Å². The zero-order valence-electron chi connectivity index (χ0n) is 14.1. The summed E-state index contributed by atoms with van der Waals surface area (Å²) in [5.74, 6) is 0.738. The smallest absolute Gasteiger partial charge is 0.267 e. The van der Waals surface area contributed by atoms with Gasteiger partial charge in [-0.3, -0.25) is 4.79 Å². The number of rotatable bonds is 4. The second-order valence-corrected chi connectivity index (χ2v) is 5.84. The Labute approximate surface area is 141 Å². The van der Waals surface area contributed by atoms with Gasteiger partial charge in [-0.05, 0) is 43.2 Å². The average Bonchev–Trinajstić information content (AvgIpc) is 2.60. The molecule has 3 aromatic rings. The number of benzene rings is 2. The molecule has 4 nitrogen and oxygen atoms in total. The van der Waals surface area contributed by atoms with E-state index in [0.717, 1.165) is 28.1 Å². The summed E-state index contributed by atoms with van der Waals surface area (Å²) >= 11 is 0. The van der Waals surface area contributed by atoms with Gasteiger partial charge in [0.15, 0.2) is 0 Å². The molecule has 0 saturated heterocycles. The van der Waals surface area contributed by atoms with Crippen molar-refractivity contribution in [2.24, 2.45) is 0 Å². The van der Waals surface area contributed by atoms with E-state index < -0.39 is 0 Å². The Morgan fingerprint density at radius 3 is 2.62 bits per heavy atom. The molecule has 0 saturated carbocycles. The topological polar surface area (TPSA) is 44.1 Å². The van der Waals surface area contributed by atoms with Gasteiger partial charge in [0, 0.05) is 11.6 Å². The standard InChI is InChI=1S/C20H20N2O2/c1-14-8-9-15(2)16(12-14)13-22-20(23)11-10-18(21-22)17-6-4-5-7-19(17)24-3/h4-12H,13H2,1-3H3. The number of aryl methyl sites for hydroxylation is 2. The van der Waals surface area contributed by atoms with E-state index in [-0.39, 0.29) is 5.56 Å². The van der Waals surface area contributed by atoms with Crippen LogP contribution in [0.3, 0.4) is 0 Å². The summed E-state index contributed by atoms with van der Waals surface area (Å²) in [5.41, 5.74) is 4.89. The zero-order valence-corrected chi connectivity index (χ0v) is 14.1. The Hall–Kier alpha value is -2.88. The second-order valence-electron chi connectivity index (χ2n) is 5.84. The summed E-state index contributed by atoms with van der Waals surface area (Å²) in [4.78, 5) is 12.2. The van der Waals surface area contributed by atoms with Crippen LogP contribution in [0.5, 0.6) is 5.75 Å². The maximum absolute atomic E-state index is 12.2. The predicted molar refractivity (Wildman–Crippen MR) is 95.5 cm³/mol. The minimum Gasteiger partial charge on any atom is -0.496 e. The largest absolute Gasteiger partial charge is 0.496 e.